The van der Waals surface area contributed by atoms with Gasteiger partial charge in [-0.05, 0) is 27.4 Å². The van der Waals surface area contributed by atoms with E-state index in [1.54, 1.807) is 0 Å². The summed E-state index contributed by atoms with van der Waals surface area (Å²) in [6.07, 6.45) is 2.16. The highest BCUT2D eigenvalue weighted by molar-refractivity contribution is 5.78. The smallest absolute Gasteiger partial charge is 0.134 e. The summed E-state index contributed by atoms with van der Waals surface area (Å²) < 4.78 is 0. The molecule has 12 heavy (non-hydrogen) atoms. The van der Waals surface area contributed by atoms with E-state index in [2.05, 4.69) is 6.58 Å². The lowest BCUT2D eigenvalue weighted by Gasteiger charge is -2.07. The molecule has 0 N–H and O–H groups in total. The second-order valence-corrected chi connectivity index (χ2v) is 3.55. The summed E-state index contributed by atoms with van der Waals surface area (Å²) in [7, 11) is 3.96. The average molecular weight is 169 g/mol. The molecule has 0 aliphatic rings. The van der Waals surface area contributed by atoms with E-state index in [0.717, 1.165) is 18.5 Å². The molecule has 0 rings (SSSR count). The van der Waals surface area contributed by atoms with Crippen LogP contribution < -0.4 is 0 Å². The van der Waals surface area contributed by atoms with E-state index in [1.165, 1.54) is 0 Å². The lowest BCUT2D eigenvalue weighted by atomic mass is 10.1. The molecule has 0 unspecified atom stereocenters. The first-order valence-corrected chi connectivity index (χ1v) is 4.33. The van der Waals surface area contributed by atoms with Crippen LogP contribution in [0.3, 0.4) is 0 Å². The predicted molar refractivity (Wildman–Crippen MR) is 52.2 cm³/mol. The van der Waals surface area contributed by atoms with E-state index in [-0.39, 0.29) is 0 Å². The molecule has 70 valence electrons. The minimum atomic E-state index is 0.340. The third kappa shape index (κ3) is 7.48. The molecular formula is C10H19NO. The number of carbonyl (C=O) groups excluding carboxylic acids is 1. The molecular weight excluding hydrogens is 150 g/mol. The van der Waals surface area contributed by atoms with E-state index in [9.17, 15) is 4.79 Å². The van der Waals surface area contributed by atoms with Crippen molar-refractivity contribution in [1.29, 1.82) is 0 Å². The Bertz CT molecular complexity index is 161. The molecule has 0 saturated heterocycles. The van der Waals surface area contributed by atoms with Gasteiger partial charge in [0.05, 0.1) is 0 Å². The van der Waals surface area contributed by atoms with Crippen LogP contribution in [0.2, 0.25) is 0 Å². The molecule has 0 aliphatic carbocycles. The van der Waals surface area contributed by atoms with Crippen molar-refractivity contribution >= 4 is 5.78 Å². The summed E-state index contributed by atoms with van der Waals surface area (Å²) in [6, 6.07) is 0. The molecule has 0 aromatic rings. The topological polar surface area (TPSA) is 20.3 Å². The molecule has 0 aromatic heterocycles. The first-order chi connectivity index (χ1) is 5.52. The highest BCUT2D eigenvalue weighted by Crippen LogP contribution is 2.02. The quantitative estimate of drug-likeness (QED) is 0.566. The molecule has 0 aromatic carbocycles. The van der Waals surface area contributed by atoms with Crippen molar-refractivity contribution in [3.05, 3.63) is 12.2 Å². The normalized spacial score (nSPS) is 10.3. The maximum Gasteiger partial charge on any atom is 0.134 e. The molecule has 0 atom stereocenters. The van der Waals surface area contributed by atoms with Crippen molar-refractivity contribution in [2.24, 2.45) is 0 Å². The van der Waals surface area contributed by atoms with Gasteiger partial charge in [0.15, 0.2) is 0 Å². The minimum absolute atomic E-state index is 0.340. The SMILES string of the molecule is C=C(C)CCC(=O)CCN(C)C. The van der Waals surface area contributed by atoms with Gasteiger partial charge in [0.25, 0.3) is 0 Å². The average Bonchev–Trinajstić information content (AvgIpc) is 1.96. The van der Waals surface area contributed by atoms with E-state index in [4.69, 9.17) is 0 Å². The largest absolute Gasteiger partial charge is 0.309 e. The second-order valence-electron chi connectivity index (χ2n) is 3.55. The van der Waals surface area contributed by atoms with Gasteiger partial charge in [-0.2, -0.15) is 0 Å². The number of allylic oxidation sites excluding steroid dienone is 1. The van der Waals surface area contributed by atoms with Crippen LogP contribution in [-0.4, -0.2) is 31.3 Å². The summed E-state index contributed by atoms with van der Waals surface area (Å²) in [6.45, 7) is 6.57. The van der Waals surface area contributed by atoms with E-state index >= 15 is 0 Å². The van der Waals surface area contributed by atoms with Gasteiger partial charge < -0.3 is 4.90 Å². The van der Waals surface area contributed by atoms with Crippen molar-refractivity contribution in [2.75, 3.05) is 20.6 Å². The maximum atomic E-state index is 11.2. The molecule has 0 fully saturated rings. The van der Waals surface area contributed by atoms with Crippen LogP contribution in [0.1, 0.15) is 26.2 Å². The van der Waals surface area contributed by atoms with Gasteiger partial charge in [-0.15, -0.1) is 6.58 Å². The summed E-state index contributed by atoms with van der Waals surface area (Å²) in [4.78, 5) is 13.2. The number of carbonyl (C=O) groups is 1. The number of nitrogens with zero attached hydrogens (tertiary/aromatic N) is 1. The molecule has 2 heteroatoms. The lowest BCUT2D eigenvalue weighted by molar-refractivity contribution is -0.119. The van der Waals surface area contributed by atoms with Crippen molar-refractivity contribution in [3.8, 4) is 0 Å². The zero-order valence-electron chi connectivity index (χ0n) is 8.39. The number of rotatable bonds is 6. The van der Waals surface area contributed by atoms with Crippen LogP contribution in [0, 0.1) is 0 Å². The lowest BCUT2D eigenvalue weighted by Crippen LogP contribution is -2.16. The first kappa shape index (κ1) is 11.4. The van der Waals surface area contributed by atoms with Crippen LogP contribution >= 0.6 is 0 Å². The Kier molecular flexibility index (Phi) is 5.64. The first-order valence-electron chi connectivity index (χ1n) is 4.33. The van der Waals surface area contributed by atoms with Gasteiger partial charge in [0.2, 0.25) is 0 Å². The summed E-state index contributed by atoms with van der Waals surface area (Å²) in [5.41, 5.74) is 1.09. The Labute approximate surface area is 75.3 Å². The third-order valence-corrected chi connectivity index (χ3v) is 1.67. The number of ketones is 1. The Balaban J connectivity index is 3.40. The highest BCUT2D eigenvalue weighted by Gasteiger charge is 2.01. The monoisotopic (exact) mass is 169 g/mol. The molecule has 0 saturated carbocycles. The van der Waals surface area contributed by atoms with Crippen LogP contribution in [0.25, 0.3) is 0 Å². The molecule has 0 radical (unpaired) electrons. The van der Waals surface area contributed by atoms with Gasteiger partial charge in [0, 0.05) is 19.4 Å². The summed E-state index contributed by atoms with van der Waals surface area (Å²) in [5, 5.41) is 0. The molecule has 0 heterocycles. The van der Waals surface area contributed by atoms with Crippen LogP contribution in [-0.2, 0) is 4.79 Å². The number of Topliss-reactive ketones (excluding diaryl/α,β-unsaturated/α-hetero) is 1. The van der Waals surface area contributed by atoms with Crippen LogP contribution in [0.4, 0.5) is 0 Å². The van der Waals surface area contributed by atoms with Gasteiger partial charge in [0.1, 0.15) is 5.78 Å². The van der Waals surface area contributed by atoms with E-state index in [0.29, 0.717) is 18.6 Å². The fourth-order valence-electron chi connectivity index (χ4n) is 0.826. The minimum Gasteiger partial charge on any atom is -0.309 e. The van der Waals surface area contributed by atoms with Gasteiger partial charge in [-0.25, -0.2) is 0 Å². The molecule has 2 nitrogen and oxygen atoms in total. The molecule has 0 bridgehead atoms. The van der Waals surface area contributed by atoms with Crippen molar-refractivity contribution in [1.82, 2.24) is 4.90 Å². The maximum absolute atomic E-state index is 11.2. The van der Waals surface area contributed by atoms with Gasteiger partial charge in [-0.1, -0.05) is 5.57 Å². The Hall–Kier alpha value is -0.630. The standard InChI is InChI=1S/C10H19NO/c1-9(2)5-6-10(12)7-8-11(3)4/h1,5-8H2,2-4H3. The zero-order valence-corrected chi connectivity index (χ0v) is 8.39. The van der Waals surface area contributed by atoms with Gasteiger partial charge >= 0.3 is 0 Å². The predicted octanol–water partition coefficient (Wildman–Crippen LogP) is 1.86. The zero-order chi connectivity index (χ0) is 9.56. The van der Waals surface area contributed by atoms with Gasteiger partial charge in [-0.3, -0.25) is 4.79 Å². The fraction of sp³-hybridized carbons (Fsp3) is 0.700. The van der Waals surface area contributed by atoms with Crippen LogP contribution in [0.5, 0.6) is 0 Å². The molecule has 0 spiro atoms. The Morgan fingerprint density at radius 2 is 1.83 bits per heavy atom. The van der Waals surface area contributed by atoms with E-state index in [1.807, 2.05) is 25.9 Å². The molecule has 0 aliphatic heterocycles. The van der Waals surface area contributed by atoms with Crippen molar-refractivity contribution in [3.63, 3.8) is 0 Å². The second kappa shape index (κ2) is 5.95. The Morgan fingerprint density at radius 3 is 2.25 bits per heavy atom. The summed E-state index contributed by atoms with van der Waals surface area (Å²) >= 11 is 0. The molecule has 0 amide bonds. The third-order valence-electron chi connectivity index (χ3n) is 1.67. The fourth-order valence-corrected chi connectivity index (χ4v) is 0.826. The number of hydrogen-bond donors (Lipinski definition) is 0. The van der Waals surface area contributed by atoms with Crippen molar-refractivity contribution in [2.45, 2.75) is 26.2 Å². The Morgan fingerprint density at radius 1 is 1.25 bits per heavy atom. The van der Waals surface area contributed by atoms with Crippen molar-refractivity contribution < 1.29 is 4.79 Å². The summed E-state index contributed by atoms with van der Waals surface area (Å²) in [5.74, 6) is 0.340. The van der Waals surface area contributed by atoms with E-state index < -0.39 is 0 Å². The number of hydrogen-bond acceptors (Lipinski definition) is 2. The highest BCUT2D eigenvalue weighted by atomic mass is 16.1. The van der Waals surface area contributed by atoms with Crippen LogP contribution in [0.15, 0.2) is 12.2 Å².